The predicted molar refractivity (Wildman–Crippen MR) is 116 cm³/mol. The Labute approximate surface area is 179 Å². The van der Waals surface area contributed by atoms with Crippen molar-refractivity contribution in [1.82, 2.24) is 10.3 Å². The second kappa shape index (κ2) is 10.5. The molecule has 30 heavy (non-hydrogen) atoms. The summed E-state index contributed by atoms with van der Waals surface area (Å²) in [6.45, 7) is 0.740. The van der Waals surface area contributed by atoms with Gasteiger partial charge < -0.3 is 24.3 Å². The van der Waals surface area contributed by atoms with Crippen LogP contribution in [-0.4, -0.2) is 45.4 Å². The summed E-state index contributed by atoms with van der Waals surface area (Å²) in [5.74, 6) is 2.50. The van der Waals surface area contributed by atoms with Gasteiger partial charge >= 0.3 is 0 Å². The van der Waals surface area contributed by atoms with Gasteiger partial charge in [0.05, 0.1) is 40.0 Å². The van der Waals surface area contributed by atoms with Crippen molar-refractivity contribution in [2.75, 3.05) is 34.5 Å². The Bertz CT molecular complexity index is 989. The molecule has 0 spiro atoms. The molecule has 3 aromatic rings. The van der Waals surface area contributed by atoms with Gasteiger partial charge in [-0.2, -0.15) is 0 Å². The summed E-state index contributed by atoms with van der Waals surface area (Å²) in [6, 6.07) is 13.0. The van der Waals surface area contributed by atoms with Gasteiger partial charge in [-0.3, -0.25) is 4.79 Å². The number of carbonyl (C=O) groups excluding carboxylic acids is 1. The number of rotatable bonds is 10. The number of benzene rings is 2. The third kappa shape index (κ3) is 5.42. The number of hydrogen-bond acceptors (Lipinski definition) is 7. The molecule has 0 saturated heterocycles. The normalized spacial score (nSPS) is 10.4. The van der Waals surface area contributed by atoms with Gasteiger partial charge in [0.1, 0.15) is 11.6 Å². The zero-order valence-electron chi connectivity index (χ0n) is 17.1. The highest BCUT2D eigenvalue weighted by molar-refractivity contribution is 7.13. The van der Waals surface area contributed by atoms with Gasteiger partial charge in [-0.25, -0.2) is 4.98 Å². The zero-order valence-corrected chi connectivity index (χ0v) is 18.0. The van der Waals surface area contributed by atoms with Gasteiger partial charge in [-0.05, 0) is 30.3 Å². The molecule has 1 heterocycles. The third-order valence-electron chi connectivity index (χ3n) is 4.27. The van der Waals surface area contributed by atoms with Crippen molar-refractivity contribution in [2.45, 2.75) is 6.42 Å². The lowest BCUT2D eigenvalue weighted by molar-refractivity contribution is -0.120. The number of ether oxygens (including phenoxy) is 4. The smallest absolute Gasteiger partial charge is 0.226 e. The second-order valence-corrected chi connectivity index (χ2v) is 7.10. The standard InChI is InChI=1S/C22H24N2O5S/c1-26-17-6-4-5-7-19(17)29-11-10-23-21(25)13-16-14-30-22(24-16)15-8-9-18(27-2)20(12-15)28-3/h4-9,12,14H,10-11,13H2,1-3H3,(H,23,25). The zero-order chi connectivity index (χ0) is 21.3. The van der Waals surface area contributed by atoms with E-state index in [1.807, 2.05) is 47.8 Å². The first-order valence-corrected chi connectivity index (χ1v) is 10.2. The van der Waals surface area contributed by atoms with Gasteiger partial charge in [-0.1, -0.05) is 12.1 Å². The van der Waals surface area contributed by atoms with E-state index in [0.717, 1.165) is 10.6 Å². The van der Waals surface area contributed by atoms with Crippen LogP contribution in [0.1, 0.15) is 5.69 Å². The third-order valence-corrected chi connectivity index (χ3v) is 5.21. The van der Waals surface area contributed by atoms with Crippen molar-refractivity contribution in [1.29, 1.82) is 0 Å². The number of hydrogen-bond donors (Lipinski definition) is 1. The molecule has 0 radical (unpaired) electrons. The summed E-state index contributed by atoms with van der Waals surface area (Å²) in [6.07, 6.45) is 0.207. The Morgan fingerprint density at radius 3 is 2.40 bits per heavy atom. The molecule has 8 heteroatoms. The molecule has 0 bridgehead atoms. The number of thiazole rings is 1. The van der Waals surface area contributed by atoms with Crippen LogP contribution in [0.5, 0.6) is 23.0 Å². The van der Waals surface area contributed by atoms with Crippen LogP contribution in [0.4, 0.5) is 0 Å². The molecule has 158 valence electrons. The maximum atomic E-state index is 12.2. The van der Waals surface area contributed by atoms with E-state index in [-0.39, 0.29) is 12.3 Å². The van der Waals surface area contributed by atoms with Gasteiger partial charge in [0.25, 0.3) is 0 Å². The van der Waals surface area contributed by atoms with Crippen molar-refractivity contribution in [2.24, 2.45) is 0 Å². The van der Waals surface area contributed by atoms with Gasteiger partial charge in [0, 0.05) is 10.9 Å². The van der Waals surface area contributed by atoms with Crippen molar-refractivity contribution in [3.63, 3.8) is 0 Å². The minimum Gasteiger partial charge on any atom is -0.493 e. The van der Waals surface area contributed by atoms with E-state index in [4.69, 9.17) is 18.9 Å². The molecular formula is C22H24N2O5S. The first-order valence-electron chi connectivity index (χ1n) is 9.34. The van der Waals surface area contributed by atoms with Gasteiger partial charge in [0.15, 0.2) is 23.0 Å². The van der Waals surface area contributed by atoms with Crippen molar-refractivity contribution in [3.05, 3.63) is 53.5 Å². The van der Waals surface area contributed by atoms with Crippen LogP contribution in [0.25, 0.3) is 10.6 Å². The van der Waals surface area contributed by atoms with Crippen LogP contribution < -0.4 is 24.3 Å². The van der Waals surface area contributed by atoms with Crippen LogP contribution in [0.15, 0.2) is 47.8 Å². The van der Waals surface area contributed by atoms with Crippen LogP contribution in [0.2, 0.25) is 0 Å². The molecule has 0 fully saturated rings. The molecule has 0 saturated carbocycles. The van der Waals surface area contributed by atoms with Crippen LogP contribution in [0.3, 0.4) is 0 Å². The summed E-state index contributed by atoms with van der Waals surface area (Å²) >= 11 is 1.48. The monoisotopic (exact) mass is 428 g/mol. The first-order chi connectivity index (χ1) is 14.6. The molecule has 3 rings (SSSR count). The van der Waals surface area contributed by atoms with Crippen LogP contribution in [0, 0.1) is 0 Å². The number of aromatic nitrogens is 1. The molecule has 0 atom stereocenters. The highest BCUT2D eigenvalue weighted by Crippen LogP contribution is 2.33. The van der Waals surface area contributed by atoms with E-state index in [0.29, 0.717) is 41.8 Å². The van der Waals surface area contributed by atoms with Crippen LogP contribution >= 0.6 is 11.3 Å². The van der Waals surface area contributed by atoms with Gasteiger partial charge in [-0.15, -0.1) is 11.3 Å². The van der Waals surface area contributed by atoms with Gasteiger partial charge in [0.2, 0.25) is 5.91 Å². The summed E-state index contributed by atoms with van der Waals surface area (Å²) in [4.78, 5) is 16.8. The van der Waals surface area contributed by atoms with E-state index in [9.17, 15) is 4.79 Å². The molecule has 7 nitrogen and oxygen atoms in total. The fraction of sp³-hybridized carbons (Fsp3) is 0.273. The highest BCUT2D eigenvalue weighted by atomic mass is 32.1. The second-order valence-electron chi connectivity index (χ2n) is 6.24. The molecule has 1 aromatic heterocycles. The summed E-state index contributed by atoms with van der Waals surface area (Å²) in [5, 5.41) is 5.55. The van der Waals surface area contributed by atoms with E-state index >= 15 is 0 Å². The lowest BCUT2D eigenvalue weighted by atomic mass is 10.2. The Kier molecular flexibility index (Phi) is 7.51. The number of para-hydroxylation sites is 2. The summed E-state index contributed by atoms with van der Waals surface area (Å²) in [7, 11) is 4.78. The van der Waals surface area contributed by atoms with E-state index < -0.39 is 0 Å². The fourth-order valence-corrected chi connectivity index (χ4v) is 3.62. The minimum absolute atomic E-state index is 0.109. The van der Waals surface area contributed by atoms with E-state index in [1.165, 1.54) is 11.3 Å². The molecule has 0 unspecified atom stereocenters. The Morgan fingerprint density at radius 1 is 0.967 bits per heavy atom. The summed E-state index contributed by atoms with van der Waals surface area (Å²) < 4.78 is 21.5. The molecule has 0 aliphatic carbocycles. The first kappa shape index (κ1) is 21.4. The lowest BCUT2D eigenvalue weighted by Crippen LogP contribution is -2.29. The average molecular weight is 429 g/mol. The Morgan fingerprint density at radius 2 is 1.67 bits per heavy atom. The van der Waals surface area contributed by atoms with Crippen LogP contribution in [-0.2, 0) is 11.2 Å². The largest absolute Gasteiger partial charge is 0.493 e. The minimum atomic E-state index is -0.109. The molecule has 1 N–H and O–H groups in total. The molecular weight excluding hydrogens is 404 g/mol. The van der Waals surface area contributed by atoms with Crippen molar-refractivity contribution in [3.8, 4) is 33.6 Å². The Hall–Kier alpha value is -3.26. The molecule has 0 aliphatic rings. The topological polar surface area (TPSA) is 78.9 Å². The van der Waals surface area contributed by atoms with Crippen molar-refractivity contribution >= 4 is 17.2 Å². The number of methoxy groups -OCH3 is 3. The lowest BCUT2D eigenvalue weighted by Gasteiger charge is -2.10. The Balaban J connectivity index is 1.50. The number of amides is 1. The van der Waals surface area contributed by atoms with E-state index in [1.54, 1.807) is 21.3 Å². The summed E-state index contributed by atoms with van der Waals surface area (Å²) in [5.41, 5.74) is 1.63. The molecule has 1 amide bonds. The maximum absolute atomic E-state index is 12.2. The highest BCUT2D eigenvalue weighted by Gasteiger charge is 2.12. The van der Waals surface area contributed by atoms with Crippen molar-refractivity contribution < 1.29 is 23.7 Å². The molecule has 0 aliphatic heterocycles. The SMILES string of the molecule is COc1ccc(-c2nc(CC(=O)NCCOc3ccccc3OC)cs2)cc1OC. The maximum Gasteiger partial charge on any atom is 0.226 e. The molecule has 2 aromatic carbocycles. The quantitative estimate of drug-likeness (QED) is 0.498. The fourth-order valence-electron chi connectivity index (χ4n) is 2.81. The number of carbonyl (C=O) groups is 1. The average Bonchev–Trinajstić information content (AvgIpc) is 3.24. The van der Waals surface area contributed by atoms with E-state index in [2.05, 4.69) is 10.3 Å². The number of nitrogens with one attached hydrogen (secondary N) is 1. The number of nitrogens with zero attached hydrogens (tertiary/aromatic N) is 1. The predicted octanol–water partition coefficient (Wildman–Crippen LogP) is 3.57.